The third-order valence-electron chi connectivity index (χ3n) is 1.64. The third kappa shape index (κ3) is 11.8. The molecule has 0 aliphatic rings. The van der Waals surface area contributed by atoms with Gasteiger partial charge in [-0.15, -0.1) is 0 Å². The van der Waals surface area contributed by atoms with Gasteiger partial charge in [0.2, 0.25) is 0 Å². The maximum absolute atomic E-state index is 11.4. The first-order valence-electron chi connectivity index (χ1n) is 5.24. The van der Waals surface area contributed by atoms with E-state index in [0.29, 0.717) is 0 Å². The highest BCUT2D eigenvalue weighted by molar-refractivity contribution is 7.92. The van der Waals surface area contributed by atoms with Gasteiger partial charge >= 0.3 is 5.97 Å². The molecule has 0 saturated heterocycles. The molecule has 1 atom stereocenters. The van der Waals surface area contributed by atoms with E-state index in [4.69, 9.17) is 4.74 Å². The molecule has 0 aromatic heterocycles. The van der Waals surface area contributed by atoms with E-state index < -0.39 is 32.2 Å². The van der Waals surface area contributed by atoms with Crippen molar-refractivity contribution < 1.29 is 22.2 Å². The second-order valence-corrected chi connectivity index (χ2v) is 8.77. The zero-order chi connectivity index (χ0) is 13.7. The molecular weight excluding hydrogens is 264 g/mol. The molecule has 1 unspecified atom stereocenters. The number of ether oxygens (including phenoxy) is 1. The summed E-state index contributed by atoms with van der Waals surface area (Å²) in [5, 5.41) is 0. The van der Waals surface area contributed by atoms with Gasteiger partial charge in [-0.3, -0.25) is 9.00 Å². The second-order valence-electron chi connectivity index (χ2n) is 4.81. The Bertz CT molecular complexity index is 378. The van der Waals surface area contributed by atoms with Crippen LogP contribution >= 0.6 is 0 Å². The van der Waals surface area contributed by atoms with E-state index in [1.165, 1.54) is 0 Å². The summed E-state index contributed by atoms with van der Waals surface area (Å²) in [4.78, 5) is 11.3. The predicted octanol–water partition coefficient (Wildman–Crippen LogP) is 0.512. The molecule has 0 saturated carbocycles. The molecule has 0 radical (unpaired) electrons. The molecule has 17 heavy (non-hydrogen) atoms. The van der Waals surface area contributed by atoms with Gasteiger partial charge in [0.05, 0.1) is 12.2 Å². The first-order chi connectivity index (χ1) is 7.49. The van der Waals surface area contributed by atoms with Crippen LogP contribution in [-0.4, -0.2) is 47.7 Å². The topological polar surface area (TPSA) is 77.5 Å². The maximum Gasteiger partial charge on any atom is 0.307 e. The smallest absolute Gasteiger partial charge is 0.307 e. The fraction of sp³-hybridized carbons (Fsp3) is 0.900. The number of hydrogen-bond donors (Lipinski definition) is 0. The van der Waals surface area contributed by atoms with Crippen LogP contribution in [0.25, 0.3) is 0 Å². The molecule has 0 rings (SSSR count). The third-order valence-corrected chi connectivity index (χ3v) is 4.16. The molecule has 0 amide bonds. The first-order valence-corrected chi connectivity index (χ1v) is 8.79. The molecular formula is C10H20O5S2. The lowest BCUT2D eigenvalue weighted by Gasteiger charge is -2.19. The lowest BCUT2D eigenvalue weighted by molar-refractivity contribution is -0.154. The van der Waals surface area contributed by atoms with Crippen LogP contribution in [0.1, 0.15) is 27.2 Å². The molecule has 0 aliphatic heterocycles. The van der Waals surface area contributed by atoms with Crippen LogP contribution in [0.15, 0.2) is 0 Å². The van der Waals surface area contributed by atoms with Crippen molar-refractivity contribution in [1.29, 1.82) is 0 Å². The van der Waals surface area contributed by atoms with E-state index in [1.807, 2.05) is 0 Å². The maximum atomic E-state index is 11.4. The number of carbonyl (C=O) groups is 1. The van der Waals surface area contributed by atoms with Gasteiger partial charge in [0, 0.05) is 28.6 Å². The molecule has 0 aromatic carbocycles. The summed E-state index contributed by atoms with van der Waals surface area (Å²) in [6.45, 7) is 5.27. The van der Waals surface area contributed by atoms with E-state index in [0.717, 1.165) is 6.26 Å². The SMILES string of the molecule is CC(C)(C)OC(=O)CCS(=O)CCS(C)(=O)=O. The number of hydrogen-bond acceptors (Lipinski definition) is 5. The molecule has 102 valence electrons. The molecule has 0 spiro atoms. The van der Waals surface area contributed by atoms with Crippen molar-refractivity contribution in [3.05, 3.63) is 0 Å². The van der Waals surface area contributed by atoms with Crippen molar-refractivity contribution in [2.45, 2.75) is 32.8 Å². The Labute approximate surface area is 105 Å². The summed E-state index contributed by atoms with van der Waals surface area (Å²) in [6, 6.07) is 0. The zero-order valence-electron chi connectivity index (χ0n) is 10.7. The van der Waals surface area contributed by atoms with Crippen molar-refractivity contribution in [1.82, 2.24) is 0 Å². The summed E-state index contributed by atoms with van der Waals surface area (Å²) in [7, 11) is -4.39. The van der Waals surface area contributed by atoms with Crippen LogP contribution in [0.4, 0.5) is 0 Å². The normalized spacial score (nSPS) is 14.4. The van der Waals surface area contributed by atoms with Gasteiger partial charge in [-0.05, 0) is 20.8 Å². The summed E-state index contributed by atoms with van der Waals surface area (Å²) in [6.07, 6.45) is 1.14. The lowest BCUT2D eigenvalue weighted by atomic mass is 10.2. The Hall–Kier alpha value is -0.430. The minimum atomic E-state index is -3.10. The van der Waals surface area contributed by atoms with Crippen molar-refractivity contribution in [2.24, 2.45) is 0 Å². The monoisotopic (exact) mass is 284 g/mol. The fourth-order valence-corrected chi connectivity index (χ4v) is 3.49. The minimum absolute atomic E-state index is 0.0492. The highest BCUT2D eigenvalue weighted by Crippen LogP contribution is 2.08. The van der Waals surface area contributed by atoms with Crippen molar-refractivity contribution in [3.8, 4) is 0 Å². The van der Waals surface area contributed by atoms with Gasteiger partial charge in [0.1, 0.15) is 15.4 Å². The average Bonchev–Trinajstić information content (AvgIpc) is 2.07. The molecule has 7 heteroatoms. The summed E-state index contributed by atoms with van der Waals surface area (Å²) >= 11 is 0. The number of sulfone groups is 1. The molecule has 0 N–H and O–H groups in total. The van der Waals surface area contributed by atoms with Crippen molar-refractivity contribution in [3.63, 3.8) is 0 Å². The predicted molar refractivity (Wildman–Crippen MR) is 68.0 cm³/mol. The molecule has 0 fully saturated rings. The number of rotatable bonds is 6. The number of esters is 1. The van der Waals surface area contributed by atoms with Crippen molar-refractivity contribution >= 4 is 26.6 Å². The van der Waals surface area contributed by atoms with Crippen LogP contribution in [0.2, 0.25) is 0 Å². The van der Waals surface area contributed by atoms with Gasteiger partial charge in [-0.1, -0.05) is 0 Å². The standard InChI is InChI=1S/C10H20O5S2/c1-10(2,3)15-9(11)5-6-16(12)7-8-17(4,13)14/h5-8H2,1-4H3. The molecule has 0 bridgehead atoms. The average molecular weight is 284 g/mol. The van der Waals surface area contributed by atoms with E-state index in [-0.39, 0.29) is 23.7 Å². The zero-order valence-corrected chi connectivity index (χ0v) is 12.3. The highest BCUT2D eigenvalue weighted by atomic mass is 32.2. The Morgan fingerprint density at radius 1 is 1.24 bits per heavy atom. The van der Waals surface area contributed by atoms with E-state index >= 15 is 0 Å². The van der Waals surface area contributed by atoms with E-state index in [1.54, 1.807) is 20.8 Å². The molecule has 5 nitrogen and oxygen atoms in total. The first kappa shape index (κ1) is 16.6. The summed E-state index contributed by atoms with van der Waals surface area (Å²) < 4.78 is 38.1. The van der Waals surface area contributed by atoms with Crippen LogP contribution in [-0.2, 0) is 30.2 Å². The Balaban J connectivity index is 3.89. The Morgan fingerprint density at radius 3 is 2.18 bits per heavy atom. The van der Waals surface area contributed by atoms with Crippen LogP contribution < -0.4 is 0 Å². The Kier molecular flexibility index (Phi) is 6.32. The lowest BCUT2D eigenvalue weighted by Crippen LogP contribution is -2.25. The van der Waals surface area contributed by atoms with Gasteiger partial charge in [0.25, 0.3) is 0 Å². The molecule has 0 aromatic rings. The van der Waals surface area contributed by atoms with Crippen LogP contribution in [0, 0.1) is 0 Å². The van der Waals surface area contributed by atoms with E-state index in [2.05, 4.69) is 0 Å². The fourth-order valence-electron chi connectivity index (χ4n) is 0.936. The minimum Gasteiger partial charge on any atom is -0.460 e. The van der Waals surface area contributed by atoms with Gasteiger partial charge in [-0.2, -0.15) is 0 Å². The van der Waals surface area contributed by atoms with Gasteiger partial charge in [0.15, 0.2) is 0 Å². The molecule has 0 aliphatic carbocycles. The van der Waals surface area contributed by atoms with Crippen LogP contribution in [0.5, 0.6) is 0 Å². The summed E-state index contributed by atoms with van der Waals surface area (Å²) in [5.41, 5.74) is -0.550. The second kappa shape index (κ2) is 6.49. The van der Waals surface area contributed by atoms with Crippen molar-refractivity contribution in [2.75, 3.05) is 23.5 Å². The Morgan fingerprint density at radius 2 is 1.76 bits per heavy atom. The summed E-state index contributed by atoms with van der Waals surface area (Å²) in [5.74, 6) is -0.315. The van der Waals surface area contributed by atoms with Gasteiger partial charge in [-0.25, -0.2) is 8.42 Å². The van der Waals surface area contributed by atoms with E-state index in [9.17, 15) is 17.4 Å². The highest BCUT2D eigenvalue weighted by Gasteiger charge is 2.17. The van der Waals surface area contributed by atoms with Gasteiger partial charge < -0.3 is 4.74 Å². The largest absolute Gasteiger partial charge is 0.460 e. The van der Waals surface area contributed by atoms with Crippen LogP contribution in [0.3, 0.4) is 0 Å². The molecule has 0 heterocycles. The number of carbonyl (C=O) groups excluding carboxylic acids is 1. The quantitative estimate of drug-likeness (QED) is 0.664.